The van der Waals surface area contributed by atoms with Gasteiger partial charge in [0.2, 0.25) is 5.91 Å². The molecular weight excluding hydrogens is 473 g/mol. The summed E-state index contributed by atoms with van der Waals surface area (Å²) in [7, 11) is 0. The molecular formula is C26H27F3N4O3. The van der Waals surface area contributed by atoms with Crippen LogP contribution in [-0.4, -0.2) is 52.3 Å². The van der Waals surface area contributed by atoms with E-state index in [1.807, 2.05) is 11.0 Å². The number of ketones is 1. The van der Waals surface area contributed by atoms with Crippen LogP contribution in [0, 0.1) is 0 Å². The van der Waals surface area contributed by atoms with E-state index in [2.05, 4.69) is 9.88 Å². The van der Waals surface area contributed by atoms with Gasteiger partial charge in [-0.2, -0.15) is 13.2 Å². The van der Waals surface area contributed by atoms with Crippen LogP contribution in [0.3, 0.4) is 0 Å². The number of amides is 1. The highest BCUT2D eigenvalue weighted by Gasteiger charge is 2.29. The van der Waals surface area contributed by atoms with Gasteiger partial charge in [-0.05, 0) is 48.7 Å². The summed E-state index contributed by atoms with van der Waals surface area (Å²) in [5, 5.41) is 0.401. The maximum Gasteiger partial charge on any atom is 0.416 e. The quantitative estimate of drug-likeness (QED) is 0.516. The van der Waals surface area contributed by atoms with Gasteiger partial charge >= 0.3 is 6.18 Å². The Hall–Kier alpha value is -3.69. The third kappa shape index (κ3) is 5.92. The minimum atomic E-state index is -4.40. The number of benzene rings is 2. The van der Waals surface area contributed by atoms with Crippen LogP contribution in [0.2, 0.25) is 0 Å². The van der Waals surface area contributed by atoms with E-state index in [0.717, 1.165) is 30.8 Å². The fourth-order valence-corrected chi connectivity index (χ4v) is 4.36. The fraction of sp³-hybridized carbons (Fsp3) is 0.385. The zero-order valence-corrected chi connectivity index (χ0v) is 19.9. The smallest absolute Gasteiger partial charge is 0.370 e. The number of fused-ring (bicyclic) bond motifs is 1. The Morgan fingerprint density at radius 2 is 1.75 bits per heavy atom. The third-order valence-electron chi connectivity index (χ3n) is 6.43. The second-order valence-corrected chi connectivity index (χ2v) is 8.96. The molecule has 0 N–H and O–H groups in total. The first-order valence-electron chi connectivity index (χ1n) is 11.8. The van der Waals surface area contributed by atoms with Gasteiger partial charge in [0.05, 0.1) is 29.3 Å². The first kappa shape index (κ1) is 25.4. The molecule has 4 rings (SSSR count). The van der Waals surface area contributed by atoms with Gasteiger partial charge in [-0.25, -0.2) is 4.98 Å². The Bertz CT molecular complexity index is 1320. The van der Waals surface area contributed by atoms with Gasteiger partial charge in [-0.1, -0.05) is 12.1 Å². The van der Waals surface area contributed by atoms with E-state index in [4.69, 9.17) is 0 Å². The molecule has 1 aliphatic heterocycles. The summed E-state index contributed by atoms with van der Waals surface area (Å²) in [6, 6.07) is 10.2. The highest BCUT2D eigenvalue weighted by atomic mass is 19.4. The molecule has 1 aliphatic rings. The summed E-state index contributed by atoms with van der Waals surface area (Å²) < 4.78 is 39.4. The topological polar surface area (TPSA) is 75.5 Å². The van der Waals surface area contributed by atoms with Crippen LogP contribution in [0.25, 0.3) is 10.9 Å². The number of carbonyl (C=O) groups excluding carboxylic acids is 2. The number of carbonyl (C=O) groups is 2. The van der Waals surface area contributed by atoms with E-state index in [9.17, 15) is 27.6 Å². The molecule has 0 aliphatic carbocycles. The van der Waals surface area contributed by atoms with Crippen molar-refractivity contribution in [1.29, 1.82) is 0 Å². The van der Waals surface area contributed by atoms with E-state index in [-0.39, 0.29) is 36.6 Å². The summed E-state index contributed by atoms with van der Waals surface area (Å²) in [6.07, 6.45) is -1.86. The van der Waals surface area contributed by atoms with E-state index in [1.165, 1.54) is 23.0 Å². The van der Waals surface area contributed by atoms with Crippen LogP contribution in [-0.2, 0) is 28.7 Å². The van der Waals surface area contributed by atoms with Crippen LogP contribution in [0.4, 0.5) is 18.9 Å². The first-order chi connectivity index (χ1) is 17.1. The van der Waals surface area contributed by atoms with Gasteiger partial charge in [0, 0.05) is 45.2 Å². The van der Waals surface area contributed by atoms with Crippen LogP contribution in [0.1, 0.15) is 30.9 Å². The predicted octanol–water partition coefficient (Wildman–Crippen LogP) is 3.68. The molecule has 1 fully saturated rings. The van der Waals surface area contributed by atoms with Crippen molar-refractivity contribution < 1.29 is 22.8 Å². The van der Waals surface area contributed by atoms with Gasteiger partial charge in [0.1, 0.15) is 0 Å². The summed E-state index contributed by atoms with van der Waals surface area (Å²) in [4.78, 5) is 45.6. The third-order valence-corrected chi connectivity index (χ3v) is 6.43. The normalized spacial score (nSPS) is 14.7. The summed E-state index contributed by atoms with van der Waals surface area (Å²) >= 11 is 0. The van der Waals surface area contributed by atoms with Crippen LogP contribution in [0.5, 0.6) is 0 Å². The van der Waals surface area contributed by atoms with Crippen molar-refractivity contribution in [3.8, 4) is 0 Å². The number of hydrogen-bond donors (Lipinski definition) is 0. The lowest BCUT2D eigenvalue weighted by molar-refractivity contribution is -0.137. The van der Waals surface area contributed by atoms with Crippen LogP contribution < -0.4 is 10.5 Å². The van der Waals surface area contributed by atoms with Crippen molar-refractivity contribution in [2.24, 2.45) is 0 Å². The fourth-order valence-electron chi connectivity index (χ4n) is 4.36. The summed E-state index contributed by atoms with van der Waals surface area (Å²) in [5.41, 5.74) is 0.938. The molecule has 190 valence electrons. The van der Waals surface area contributed by atoms with E-state index in [1.54, 1.807) is 19.1 Å². The number of aromatic nitrogens is 2. The molecule has 1 saturated heterocycles. The van der Waals surface area contributed by atoms with Gasteiger partial charge in [0.25, 0.3) is 5.56 Å². The minimum Gasteiger partial charge on any atom is -0.370 e. The van der Waals surface area contributed by atoms with Crippen molar-refractivity contribution in [2.45, 2.75) is 38.9 Å². The van der Waals surface area contributed by atoms with Crippen molar-refractivity contribution in [1.82, 2.24) is 14.5 Å². The first-order valence-corrected chi connectivity index (χ1v) is 11.8. The van der Waals surface area contributed by atoms with Gasteiger partial charge in [0.15, 0.2) is 5.78 Å². The van der Waals surface area contributed by atoms with Gasteiger partial charge in [-0.15, -0.1) is 0 Å². The zero-order valence-electron chi connectivity index (χ0n) is 19.9. The summed E-state index contributed by atoms with van der Waals surface area (Å²) in [5.74, 6) is -0.170. The lowest BCUT2D eigenvalue weighted by Gasteiger charge is -2.23. The molecule has 0 unspecified atom stereocenters. The average molecular weight is 501 g/mol. The van der Waals surface area contributed by atoms with E-state index >= 15 is 0 Å². The number of hydrogen-bond acceptors (Lipinski definition) is 5. The standard InChI is InChI=1S/C26H27F3N4O3/c1-18(34)31-11-2-12-32(14-13-31)21-8-10-24-23(15-21)25(36)33(17-30-24)16-22(35)9-5-19-3-6-20(7-4-19)26(27,28)29/h3-4,6-8,10,15,17H,2,5,9,11-14,16H2,1H3. The van der Waals surface area contributed by atoms with Crippen LogP contribution >= 0.6 is 0 Å². The highest BCUT2D eigenvalue weighted by molar-refractivity contribution is 5.83. The lowest BCUT2D eigenvalue weighted by atomic mass is 10.1. The number of alkyl halides is 3. The molecule has 2 heterocycles. The van der Waals surface area contributed by atoms with Crippen LogP contribution in [0.15, 0.2) is 53.6 Å². The molecule has 1 aromatic heterocycles. The molecule has 36 heavy (non-hydrogen) atoms. The zero-order chi connectivity index (χ0) is 25.9. The second-order valence-electron chi connectivity index (χ2n) is 8.96. The Labute approximate surface area is 206 Å². The Morgan fingerprint density at radius 1 is 1.00 bits per heavy atom. The second kappa shape index (κ2) is 10.5. The highest BCUT2D eigenvalue weighted by Crippen LogP contribution is 2.29. The Balaban J connectivity index is 1.44. The molecule has 0 bridgehead atoms. The van der Waals surface area contributed by atoms with Crippen molar-refractivity contribution >= 4 is 28.3 Å². The molecule has 3 aromatic rings. The molecule has 0 atom stereocenters. The monoisotopic (exact) mass is 500 g/mol. The Kier molecular flexibility index (Phi) is 7.42. The van der Waals surface area contributed by atoms with Crippen molar-refractivity contribution in [3.05, 3.63) is 70.3 Å². The molecule has 0 saturated carbocycles. The van der Waals surface area contributed by atoms with Gasteiger partial charge < -0.3 is 9.80 Å². The maximum atomic E-state index is 13.1. The predicted molar refractivity (Wildman–Crippen MR) is 130 cm³/mol. The molecule has 10 heteroatoms. The van der Waals surface area contributed by atoms with E-state index in [0.29, 0.717) is 36.1 Å². The van der Waals surface area contributed by atoms with Crippen molar-refractivity contribution in [2.75, 3.05) is 31.1 Å². The number of nitrogens with zero attached hydrogens (tertiary/aromatic N) is 4. The molecule has 7 nitrogen and oxygen atoms in total. The Morgan fingerprint density at radius 3 is 2.44 bits per heavy atom. The van der Waals surface area contributed by atoms with Crippen molar-refractivity contribution in [3.63, 3.8) is 0 Å². The maximum absolute atomic E-state index is 13.1. The average Bonchev–Trinajstić information content (AvgIpc) is 3.11. The molecule has 0 spiro atoms. The molecule has 0 radical (unpaired) electrons. The largest absolute Gasteiger partial charge is 0.416 e. The SMILES string of the molecule is CC(=O)N1CCCN(c2ccc3ncn(CC(=O)CCc4ccc(C(F)(F)F)cc4)c(=O)c3c2)CC1. The number of halogens is 3. The molecule has 2 aromatic carbocycles. The number of Topliss-reactive ketones (excluding diaryl/α,β-unsaturated/α-hetero) is 1. The number of rotatable bonds is 6. The number of anilines is 1. The summed E-state index contributed by atoms with van der Waals surface area (Å²) in [6.45, 7) is 4.11. The van der Waals surface area contributed by atoms with Gasteiger partial charge in [-0.3, -0.25) is 19.0 Å². The molecule has 1 amide bonds. The van der Waals surface area contributed by atoms with E-state index < -0.39 is 11.7 Å². The minimum absolute atomic E-state index is 0.0467. The number of aryl methyl sites for hydroxylation is 1. The lowest BCUT2D eigenvalue weighted by Crippen LogP contribution is -2.33.